The maximum atomic E-state index is 13.4. The van der Waals surface area contributed by atoms with E-state index in [1.807, 2.05) is 0 Å². The second-order valence-electron chi connectivity index (χ2n) is 4.17. The van der Waals surface area contributed by atoms with Crippen LogP contribution in [0.4, 0.5) is 8.78 Å². The number of halogens is 4. The van der Waals surface area contributed by atoms with E-state index < -0.39 is 11.6 Å². The molecule has 0 fully saturated rings. The molecule has 0 saturated heterocycles. The summed E-state index contributed by atoms with van der Waals surface area (Å²) in [4.78, 5) is 0. The molecule has 1 atom stereocenters. The lowest BCUT2D eigenvalue weighted by Gasteiger charge is -2.19. The van der Waals surface area contributed by atoms with Crippen LogP contribution in [0, 0.1) is 23.5 Å². The van der Waals surface area contributed by atoms with Gasteiger partial charge in [0.1, 0.15) is 0 Å². The number of benzene rings is 1. The second-order valence-corrected chi connectivity index (χ2v) is 5.73. The summed E-state index contributed by atoms with van der Waals surface area (Å²) < 4.78 is 32.3. The van der Waals surface area contributed by atoms with E-state index >= 15 is 0 Å². The average Bonchev–Trinajstić information content (AvgIpc) is 2.25. The van der Waals surface area contributed by atoms with E-state index in [2.05, 4.69) is 45.7 Å². The quantitative estimate of drug-likeness (QED) is 0.535. The third-order valence-corrected chi connectivity index (χ3v) is 3.84. The molecule has 96 valence electrons. The predicted octanol–water partition coefficient (Wildman–Crippen LogP) is 4.77. The van der Waals surface area contributed by atoms with Gasteiger partial charge in [0.25, 0.3) is 0 Å². The van der Waals surface area contributed by atoms with Crippen LogP contribution in [0.5, 0.6) is 5.75 Å². The minimum Gasteiger partial charge on any atom is -0.490 e. The molecule has 17 heavy (non-hydrogen) atoms. The van der Waals surface area contributed by atoms with Crippen molar-refractivity contribution in [1.82, 2.24) is 0 Å². The van der Waals surface area contributed by atoms with E-state index in [1.54, 1.807) is 0 Å². The van der Waals surface area contributed by atoms with Gasteiger partial charge < -0.3 is 4.74 Å². The van der Waals surface area contributed by atoms with Crippen molar-refractivity contribution in [1.29, 1.82) is 0 Å². The molecule has 0 aliphatic rings. The van der Waals surface area contributed by atoms with E-state index in [4.69, 9.17) is 4.74 Å². The normalized spacial score (nSPS) is 12.9. The molecule has 1 rings (SSSR count). The largest absolute Gasteiger partial charge is 0.490 e. The Morgan fingerprint density at radius 2 is 1.94 bits per heavy atom. The van der Waals surface area contributed by atoms with Crippen LogP contribution in [0.25, 0.3) is 0 Å². The highest BCUT2D eigenvalue weighted by atomic mass is 79.9. The summed E-state index contributed by atoms with van der Waals surface area (Å²) in [5.41, 5.74) is 0. The first kappa shape index (κ1) is 14.9. The second kappa shape index (κ2) is 6.69. The van der Waals surface area contributed by atoms with Crippen molar-refractivity contribution in [2.45, 2.75) is 13.8 Å². The monoisotopic (exact) mass is 370 g/mol. The first-order chi connectivity index (χ1) is 7.95. The zero-order chi connectivity index (χ0) is 13.0. The van der Waals surface area contributed by atoms with Gasteiger partial charge in [0.05, 0.1) is 6.61 Å². The molecule has 1 aromatic carbocycles. The van der Waals surface area contributed by atoms with Gasteiger partial charge in [0.2, 0.25) is 5.82 Å². The molecule has 5 heteroatoms. The Bertz CT molecular complexity index is 383. The van der Waals surface area contributed by atoms with Crippen molar-refractivity contribution in [2.75, 3.05) is 11.9 Å². The fraction of sp³-hybridized carbons (Fsp3) is 0.500. The van der Waals surface area contributed by atoms with Crippen molar-refractivity contribution in [3.8, 4) is 5.75 Å². The number of hydrogen-bond donors (Lipinski definition) is 0. The van der Waals surface area contributed by atoms with Gasteiger partial charge in [0, 0.05) is 15.7 Å². The van der Waals surface area contributed by atoms with Crippen LogP contribution < -0.4 is 4.74 Å². The van der Waals surface area contributed by atoms with Crippen molar-refractivity contribution in [3.63, 3.8) is 0 Å². The third-order valence-electron chi connectivity index (χ3n) is 2.55. The third kappa shape index (κ3) is 4.21. The van der Waals surface area contributed by atoms with Gasteiger partial charge in [-0.15, -0.1) is 0 Å². The molecule has 0 heterocycles. The molecule has 0 amide bonds. The lowest BCUT2D eigenvalue weighted by Crippen LogP contribution is -2.19. The number of alkyl halides is 1. The first-order valence-corrected chi connectivity index (χ1v) is 7.20. The summed E-state index contributed by atoms with van der Waals surface area (Å²) in [5, 5.41) is 0.767. The van der Waals surface area contributed by atoms with Gasteiger partial charge >= 0.3 is 0 Å². The molecule has 1 aromatic rings. The predicted molar refractivity (Wildman–Crippen MR) is 71.7 cm³/mol. The van der Waals surface area contributed by atoms with Crippen LogP contribution in [0.1, 0.15) is 13.8 Å². The Morgan fingerprint density at radius 3 is 2.47 bits per heavy atom. The summed E-state index contributed by atoms with van der Waals surface area (Å²) in [5.74, 6) is -1.23. The van der Waals surface area contributed by atoms with Gasteiger partial charge in [-0.1, -0.05) is 45.7 Å². The summed E-state index contributed by atoms with van der Waals surface area (Å²) in [6, 6.07) is 2.51. The smallest absolute Gasteiger partial charge is 0.200 e. The molecule has 0 bridgehead atoms. The fourth-order valence-electron chi connectivity index (χ4n) is 1.25. The van der Waals surface area contributed by atoms with Crippen molar-refractivity contribution >= 4 is 31.9 Å². The minimum absolute atomic E-state index is 0.0523. The molecule has 0 radical (unpaired) electrons. The zero-order valence-electron chi connectivity index (χ0n) is 9.64. The van der Waals surface area contributed by atoms with Gasteiger partial charge in [-0.2, -0.15) is 4.39 Å². The Kier molecular flexibility index (Phi) is 5.86. The van der Waals surface area contributed by atoms with Gasteiger partial charge in [0.15, 0.2) is 11.6 Å². The minimum atomic E-state index is -0.940. The van der Waals surface area contributed by atoms with Gasteiger partial charge in [-0.3, -0.25) is 0 Å². The highest BCUT2D eigenvalue weighted by Crippen LogP contribution is 2.26. The van der Waals surface area contributed by atoms with Gasteiger partial charge in [-0.05, 0) is 18.1 Å². The SMILES string of the molecule is CC(C)C(CBr)COc1cc(Br)cc(F)c1F. The molecule has 0 aliphatic heterocycles. The Hall–Kier alpha value is -0.160. The molecular formula is C12H14Br2F2O. The lowest BCUT2D eigenvalue weighted by atomic mass is 9.99. The molecular weight excluding hydrogens is 358 g/mol. The lowest BCUT2D eigenvalue weighted by molar-refractivity contribution is 0.217. The van der Waals surface area contributed by atoms with E-state index in [0.717, 1.165) is 11.4 Å². The highest BCUT2D eigenvalue weighted by Gasteiger charge is 2.16. The van der Waals surface area contributed by atoms with Crippen molar-refractivity contribution in [2.24, 2.45) is 11.8 Å². The zero-order valence-corrected chi connectivity index (χ0v) is 12.8. The van der Waals surface area contributed by atoms with Gasteiger partial charge in [-0.25, -0.2) is 4.39 Å². The molecule has 0 N–H and O–H groups in total. The molecule has 0 aliphatic carbocycles. The number of rotatable bonds is 5. The molecule has 0 saturated carbocycles. The first-order valence-electron chi connectivity index (χ1n) is 5.29. The van der Waals surface area contributed by atoms with Crippen LogP contribution in [-0.2, 0) is 0 Å². The Balaban J connectivity index is 2.75. The van der Waals surface area contributed by atoms with E-state index in [-0.39, 0.29) is 11.7 Å². The standard InChI is InChI=1S/C12H14Br2F2O/c1-7(2)8(5-13)6-17-11-4-9(14)3-10(15)12(11)16/h3-4,7-8H,5-6H2,1-2H3. The van der Waals surface area contributed by atoms with Crippen molar-refractivity contribution in [3.05, 3.63) is 28.2 Å². The van der Waals surface area contributed by atoms with Crippen LogP contribution in [0.3, 0.4) is 0 Å². The molecule has 0 spiro atoms. The van der Waals surface area contributed by atoms with E-state index in [0.29, 0.717) is 17.0 Å². The molecule has 1 nitrogen and oxygen atoms in total. The van der Waals surface area contributed by atoms with Crippen molar-refractivity contribution < 1.29 is 13.5 Å². The summed E-state index contributed by atoms with van der Waals surface area (Å²) >= 11 is 6.48. The van der Waals surface area contributed by atoms with Crippen LogP contribution in [0.15, 0.2) is 16.6 Å². The van der Waals surface area contributed by atoms with E-state index in [1.165, 1.54) is 6.07 Å². The molecule has 1 unspecified atom stereocenters. The Morgan fingerprint density at radius 1 is 1.29 bits per heavy atom. The van der Waals surface area contributed by atoms with Crippen LogP contribution >= 0.6 is 31.9 Å². The number of hydrogen-bond acceptors (Lipinski definition) is 1. The summed E-state index contributed by atoms with van der Waals surface area (Å²) in [7, 11) is 0. The Labute approximate surface area is 117 Å². The fourth-order valence-corrected chi connectivity index (χ4v) is 2.59. The van der Waals surface area contributed by atoms with Crippen LogP contribution in [0.2, 0.25) is 0 Å². The highest BCUT2D eigenvalue weighted by molar-refractivity contribution is 9.10. The maximum Gasteiger partial charge on any atom is 0.200 e. The molecule has 0 aromatic heterocycles. The number of ether oxygens (including phenoxy) is 1. The summed E-state index contributed by atoms with van der Waals surface area (Å²) in [6.07, 6.45) is 0. The van der Waals surface area contributed by atoms with E-state index in [9.17, 15) is 8.78 Å². The average molecular weight is 372 g/mol. The van der Waals surface area contributed by atoms with Crippen LogP contribution in [-0.4, -0.2) is 11.9 Å². The maximum absolute atomic E-state index is 13.4. The summed E-state index contributed by atoms with van der Waals surface area (Å²) in [6.45, 7) is 4.48. The topological polar surface area (TPSA) is 9.23 Å².